The molecule has 3 aromatic rings. The fourth-order valence-electron chi connectivity index (χ4n) is 2.54. The third-order valence-corrected chi connectivity index (χ3v) is 3.92. The van der Waals surface area contributed by atoms with Crippen LogP contribution < -0.4 is 10.6 Å². The van der Waals surface area contributed by atoms with Crippen molar-refractivity contribution in [2.24, 2.45) is 0 Å². The number of halogens is 4. The van der Waals surface area contributed by atoms with Gasteiger partial charge in [-0.3, -0.25) is 19.7 Å². The van der Waals surface area contributed by atoms with Crippen molar-refractivity contribution in [1.29, 1.82) is 0 Å². The number of hydrogen-bond acceptors (Lipinski definition) is 5. The average molecular weight is 434 g/mol. The van der Waals surface area contributed by atoms with E-state index < -0.39 is 68.5 Å². The predicted molar refractivity (Wildman–Crippen MR) is 99.5 cm³/mol. The SMILES string of the molecule is O=C(Nc1ccc([N+](=O)[O-])c(NC(=O)c2c(F)cccc2F)n1)c1c(F)cccc1F. The van der Waals surface area contributed by atoms with Gasteiger partial charge in [0.05, 0.1) is 4.92 Å². The molecule has 0 spiro atoms. The standard InChI is InChI=1S/C19H10F4N4O4/c20-9-3-1-4-10(21)15(9)18(28)25-14-8-7-13(27(30)31)17(24-14)26-19(29)16-11(22)5-2-6-12(16)23/h1-8H,(H2,24,25,26,28,29). The van der Waals surface area contributed by atoms with Gasteiger partial charge in [-0.15, -0.1) is 0 Å². The van der Waals surface area contributed by atoms with Gasteiger partial charge in [0, 0.05) is 6.07 Å². The molecule has 2 N–H and O–H groups in total. The molecule has 31 heavy (non-hydrogen) atoms. The molecule has 1 aromatic heterocycles. The maximum absolute atomic E-state index is 13.8. The Hall–Kier alpha value is -4.35. The molecule has 158 valence electrons. The van der Waals surface area contributed by atoms with Gasteiger partial charge in [-0.1, -0.05) is 12.1 Å². The second-order valence-electron chi connectivity index (χ2n) is 5.92. The number of nitrogens with one attached hydrogen (secondary N) is 2. The minimum absolute atomic E-state index is 0.428. The summed E-state index contributed by atoms with van der Waals surface area (Å²) in [5, 5.41) is 15.1. The molecular formula is C19H10F4N4O4. The number of aromatic nitrogens is 1. The van der Waals surface area contributed by atoms with E-state index in [4.69, 9.17) is 0 Å². The van der Waals surface area contributed by atoms with Crippen LogP contribution in [0.15, 0.2) is 48.5 Å². The molecule has 0 unspecified atom stereocenters. The number of hydrogen-bond donors (Lipinski definition) is 2. The van der Waals surface area contributed by atoms with E-state index in [1.807, 2.05) is 10.6 Å². The second kappa shape index (κ2) is 8.57. The summed E-state index contributed by atoms with van der Waals surface area (Å²) in [6, 6.07) is 7.12. The lowest BCUT2D eigenvalue weighted by Gasteiger charge is -2.10. The Bertz CT molecular complexity index is 1180. The minimum Gasteiger partial charge on any atom is -0.306 e. The molecule has 0 radical (unpaired) electrons. The number of anilines is 2. The summed E-state index contributed by atoms with van der Waals surface area (Å²) >= 11 is 0. The van der Waals surface area contributed by atoms with E-state index in [2.05, 4.69) is 4.98 Å². The van der Waals surface area contributed by atoms with E-state index in [0.29, 0.717) is 0 Å². The number of benzene rings is 2. The number of carbonyl (C=O) groups excluding carboxylic acids is 2. The van der Waals surface area contributed by atoms with Crippen molar-refractivity contribution < 1.29 is 32.1 Å². The summed E-state index contributed by atoms with van der Waals surface area (Å²) in [4.78, 5) is 38.3. The maximum atomic E-state index is 13.8. The highest BCUT2D eigenvalue weighted by molar-refractivity contribution is 6.06. The third kappa shape index (κ3) is 4.47. The van der Waals surface area contributed by atoms with Crippen molar-refractivity contribution >= 4 is 29.1 Å². The van der Waals surface area contributed by atoms with Crippen LogP contribution in [-0.4, -0.2) is 21.7 Å². The smallest absolute Gasteiger partial charge is 0.306 e. The van der Waals surface area contributed by atoms with Crippen molar-refractivity contribution in [2.45, 2.75) is 0 Å². The highest BCUT2D eigenvalue weighted by atomic mass is 19.1. The molecule has 8 nitrogen and oxygen atoms in total. The van der Waals surface area contributed by atoms with Crippen LogP contribution in [0.3, 0.4) is 0 Å². The maximum Gasteiger partial charge on any atom is 0.311 e. The van der Waals surface area contributed by atoms with Gasteiger partial charge in [0.2, 0.25) is 5.82 Å². The Morgan fingerprint density at radius 3 is 1.68 bits per heavy atom. The van der Waals surface area contributed by atoms with Crippen molar-refractivity contribution in [2.75, 3.05) is 10.6 Å². The summed E-state index contributed by atoms with van der Waals surface area (Å²) in [6.45, 7) is 0. The van der Waals surface area contributed by atoms with Gasteiger partial charge in [-0.25, -0.2) is 22.5 Å². The fourth-order valence-corrected chi connectivity index (χ4v) is 2.54. The highest BCUT2D eigenvalue weighted by Crippen LogP contribution is 2.26. The molecule has 3 rings (SSSR count). The zero-order valence-electron chi connectivity index (χ0n) is 15.2. The van der Waals surface area contributed by atoms with Gasteiger partial charge in [0.1, 0.15) is 40.2 Å². The Kier molecular flexibility index (Phi) is 5.90. The van der Waals surface area contributed by atoms with Crippen molar-refractivity contribution in [3.05, 3.63) is 93.0 Å². The molecule has 0 atom stereocenters. The van der Waals surface area contributed by atoms with E-state index in [1.165, 1.54) is 0 Å². The summed E-state index contributed by atoms with van der Waals surface area (Å²) in [7, 11) is 0. The van der Waals surface area contributed by atoms with Gasteiger partial charge in [0.15, 0.2) is 0 Å². The van der Waals surface area contributed by atoms with Gasteiger partial charge in [-0.05, 0) is 30.3 Å². The number of nitro groups is 1. The van der Waals surface area contributed by atoms with Crippen LogP contribution in [0, 0.1) is 33.4 Å². The minimum atomic E-state index is -1.38. The van der Waals surface area contributed by atoms with Crippen LogP contribution in [0.25, 0.3) is 0 Å². The van der Waals surface area contributed by atoms with E-state index >= 15 is 0 Å². The third-order valence-electron chi connectivity index (χ3n) is 3.92. The Morgan fingerprint density at radius 2 is 1.23 bits per heavy atom. The second-order valence-corrected chi connectivity index (χ2v) is 5.92. The molecule has 0 aliphatic carbocycles. The van der Waals surface area contributed by atoms with Crippen LogP contribution in [0.1, 0.15) is 20.7 Å². The summed E-state index contributed by atoms with van der Waals surface area (Å²) in [5.41, 5.74) is -2.71. The molecule has 0 saturated carbocycles. The lowest BCUT2D eigenvalue weighted by atomic mass is 10.2. The lowest BCUT2D eigenvalue weighted by Crippen LogP contribution is -2.20. The molecule has 0 fully saturated rings. The van der Waals surface area contributed by atoms with Gasteiger partial charge in [0.25, 0.3) is 11.8 Å². The van der Waals surface area contributed by atoms with Crippen LogP contribution in [-0.2, 0) is 0 Å². The Morgan fingerprint density at radius 1 is 0.774 bits per heavy atom. The van der Waals surface area contributed by atoms with Crippen molar-refractivity contribution in [1.82, 2.24) is 4.98 Å². The highest BCUT2D eigenvalue weighted by Gasteiger charge is 2.24. The van der Waals surface area contributed by atoms with Gasteiger partial charge >= 0.3 is 5.69 Å². The molecule has 2 amide bonds. The van der Waals surface area contributed by atoms with Crippen LogP contribution in [0.2, 0.25) is 0 Å². The summed E-state index contributed by atoms with van der Waals surface area (Å²) in [6.07, 6.45) is 0. The van der Waals surface area contributed by atoms with Crippen molar-refractivity contribution in [3.8, 4) is 0 Å². The van der Waals surface area contributed by atoms with Crippen LogP contribution in [0.4, 0.5) is 34.9 Å². The first-order chi connectivity index (χ1) is 14.7. The van der Waals surface area contributed by atoms with Crippen LogP contribution in [0.5, 0.6) is 0 Å². The number of carbonyl (C=O) groups is 2. The predicted octanol–water partition coefficient (Wildman–Crippen LogP) is 4.05. The Balaban J connectivity index is 1.94. The van der Waals surface area contributed by atoms with Gasteiger partial charge in [-0.2, -0.15) is 0 Å². The van der Waals surface area contributed by atoms with Crippen molar-refractivity contribution in [3.63, 3.8) is 0 Å². The molecule has 2 aromatic carbocycles. The normalized spacial score (nSPS) is 10.5. The first-order valence-electron chi connectivity index (χ1n) is 8.35. The molecule has 12 heteroatoms. The van der Waals surface area contributed by atoms with E-state index in [-0.39, 0.29) is 0 Å². The zero-order chi connectivity index (χ0) is 22.7. The van der Waals surface area contributed by atoms with Crippen LogP contribution >= 0.6 is 0 Å². The first kappa shape index (κ1) is 21.4. The Labute approximate surface area is 170 Å². The quantitative estimate of drug-likeness (QED) is 0.357. The first-order valence-corrected chi connectivity index (χ1v) is 8.35. The van der Waals surface area contributed by atoms with E-state index in [1.54, 1.807) is 0 Å². The molecule has 0 bridgehead atoms. The summed E-state index contributed by atoms with van der Waals surface area (Å²) in [5.74, 6) is -8.60. The topological polar surface area (TPSA) is 114 Å². The molecule has 1 heterocycles. The fraction of sp³-hybridized carbons (Fsp3) is 0. The largest absolute Gasteiger partial charge is 0.311 e. The van der Waals surface area contributed by atoms with E-state index in [9.17, 15) is 37.3 Å². The summed E-state index contributed by atoms with van der Waals surface area (Å²) < 4.78 is 55.1. The molecular weight excluding hydrogens is 424 g/mol. The molecule has 0 aliphatic rings. The zero-order valence-corrected chi connectivity index (χ0v) is 15.2. The number of nitrogens with zero attached hydrogens (tertiary/aromatic N) is 2. The average Bonchev–Trinajstić information content (AvgIpc) is 2.67. The number of amides is 2. The molecule has 0 aliphatic heterocycles. The number of rotatable bonds is 5. The van der Waals surface area contributed by atoms with Gasteiger partial charge < -0.3 is 10.6 Å². The molecule has 0 saturated heterocycles. The monoisotopic (exact) mass is 434 g/mol. The van der Waals surface area contributed by atoms with E-state index in [0.717, 1.165) is 48.5 Å². The lowest BCUT2D eigenvalue weighted by molar-refractivity contribution is -0.384. The number of pyridine rings is 1.